The molecule has 0 spiro atoms. The highest BCUT2D eigenvalue weighted by atomic mass is 35.5. The SMILES string of the molecule is COC(=O)c1ccc(Cl)c(NCCC(=O)N2c3ccccc3CC2C)c1. The van der Waals surface area contributed by atoms with Crippen LogP contribution in [0.1, 0.15) is 29.3 Å². The van der Waals surface area contributed by atoms with Gasteiger partial charge in [0, 0.05) is 24.7 Å². The maximum absolute atomic E-state index is 12.7. The van der Waals surface area contributed by atoms with E-state index in [4.69, 9.17) is 16.3 Å². The van der Waals surface area contributed by atoms with E-state index >= 15 is 0 Å². The third-order valence-electron chi connectivity index (χ3n) is 4.52. The van der Waals surface area contributed by atoms with E-state index in [1.807, 2.05) is 23.1 Å². The molecule has 0 fully saturated rings. The summed E-state index contributed by atoms with van der Waals surface area (Å²) >= 11 is 6.17. The molecule has 0 bridgehead atoms. The van der Waals surface area contributed by atoms with Gasteiger partial charge in [0.05, 0.1) is 23.4 Å². The largest absolute Gasteiger partial charge is 0.465 e. The van der Waals surface area contributed by atoms with Crippen LogP contribution in [0.3, 0.4) is 0 Å². The lowest BCUT2D eigenvalue weighted by molar-refractivity contribution is -0.118. The number of carbonyl (C=O) groups is 2. The second kappa shape index (κ2) is 7.79. The number of nitrogens with one attached hydrogen (secondary N) is 1. The number of para-hydroxylation sites is 1. The fraction of sp³-hybridized carbons (Fsp3) is 0.300. The predicted molar refractivity (Wildman–Crippen MR) is 103 cm³/mol. The van der Waals surface area contributed by atoms with Gasteiger partial charge in [-0.1, -0.05) is 29.8 Å². The zero-order chi connectivity index (χ0) is 18.7. The monoisotopic (exact) mass is 372 g/mol. The minimum atomic E-state index is -0.428. The van der Waals surface area contributed by atoms with E-state index in [2.05, 4.69) is 18.3 Å². The van der Waals surface area contributed by atoms with E-state index in [0.29, 0.717) is 29.2 Å². The minimum absolute atomic E-state index is 0.0650. The molecule has 0 saturated heterocycles. The van der Waals surface area contributed by atoms with Gasteiger partial charge in [-0.15, -0.1) is 0 Å². The predicted octanol–water partition coefficient (Wildman–Crippen LogP) is 3.91. The maximum atomic E-state index is 12.7. The van der Waals surface area contributed by atoms with Crippen molar-refractivity contribution < 1.29 is 14.3 Å². The van der Waals surface area contributed by atoms with Crippen LogP contribution < -0.4 is 10.2 Å². The van der Waals surface area contributed by atoms with Crippen molar-refractivity contribution in [2.45, 2.75) is 25.8 Å². The zero-order valence-corrected chi connectivity index (χ0v) is 15.5. The smallest absolute Gasteiger partial charge is 0.337 e. The molecule has 3 rings (SSSR count). The lowest BCUT2D eigenvalue weighted by atomic mass is 10.1. The lowest BCUT2D eigenvalue weighted by Crippen LogP contribution is -2.36. The van der Waals surface area contributed by atoms with E-state index < -0.39 is 5.97 Å². The highest BCUT2D eigenvalue weighted by Crippen LogP contribution is 2.32. The van der Waals surface area contributed by atoms with Crippen LogP contribution in [0.5, 0.6) is 0 Å². The minimum Gasteiger partial charge on any atom is -0.465 e. The quantitative estimate of drug-likeness (QED) is 0.808. The van der Waals surface area contributed by atoms with Gasteiger partial charge in [-0.05, 0) is 43.2 Å². The van der Waals surface area contributed by atoms with Gasteiger partial charge in [-0.25, -0.2) is 4.79 Å². The van der Waals surface area contributed by atoms with E-state index in [0.717, 1.165) is 12.1 Å². The Morgan fingerprint density at radius 3 is 2.81 bits per heavy atom. The number of ether oxygens (including phenoxy) is 1. The molecule has 1 N–H and O–H groups in total. The number of hydrogen-bond donors (Lipinski definition) is 1. The van der Waals surface area contributed by atoms with Gasteiger partial charge in [0.15, 0.2) is 0 Å². The molecular formula is C20H21ClN2O3. The topological polar surface area (TPSA) is 58.6 Å². The fourth-order valence-corrected chi connectivity index (χ4v) is 3.46. The first kappa shape index (κ1) is 18.3. The van der Waals surface area contributed by atoms with Crippen molar-refractivity contribution in [1.82, 2.24) is 0 Å². The first-order valence-corrected chi connectivity index (χ1v) is 8.90. The van der Waals surface area contributed by atoms with E-state index in [1.165, 1.54) is 12.7 Å². The first-order chi connectivity index (χ1) is 12.5. The van der Waals surface area contributed by atoms with Gasteiger partial charge in [0.2, 0.25) is 5.91 Å². The molecule has 1 heterocycles. The summed E-state index contributed by atoms with van der Waals surface area (Å²) in [4.78, 5) is 26.2. The summed E-state index contributed by atoms with van der Waals surface area (Å²) in [5.74, 6) is -0.363. The molecule has 5 nitrogen and oxygen atoms in total. The number of methoxy groups -OCH3 is 1. The van der Waals surface area contributed by atoms with E-state index in [1.54, 1.807) is 18.2 Å². The highest BCUT2D eigenvalue weighted by molar-refractivity contribution is 6.33. The lowest BCUT2D eigenvalue weighted by Gasteiger charge is -2.23. The molecule has 2 aromatic carbocycles. The van der Waals surface area contributed by atoms with Gasteiger partial charge in [-0.2, -0.15) is 0 Å². The summed E-state index contributed by atoms with van der Waals surface area (Å²) in [7, 11) is 1.33. The Morgan fingerprint density at radius 2 is 2.04 bits per heavy atom. The van der Waals surface area contributed by atoms with Crippen molar-refractivity contribution in [2.24, 2.45) is 0 Å². The van der Waals surface area contributed by atoms with Crippen LogP contribution in [0.2, 0.25) is 5.02 Å². The first-order valence-electron chi connectivity index (χ1n) is 8.53. The molecule has 1 unspecified atom stereocenters. The van der Waals surface area contributed by atoms with Crippen molar-refractivity contribution >= 4 is 34.9 Å². The van der Waals surface area contributed by atoms with Crippen LogP contribution in [0.4, 0.5) is 11.4 Å². The molecule has 0 aromatic heterocycles. The highest BCUT2D eigenvalue weighted by Gasteiger charge is 2.29. The van der Waals surface area contributed by atoms with E-state index in [-0.39, 0.29) is 11.9 Å². The Morgan fingerprint density at radius 1 is 1.27 bits per heavy atom. The number of amides is 1. The molecule has 2 aromatic rings. The molecule has 1 amide bonds. The number of fused-ring (bicyclic) bond motifs is 1. The van der Waals surface area contributed by atoms with Gasteiger partial charge in [0.1, 0.15) is 0 Å². The number of esters is 1. The molecule has 1 aliphatic heterocycles. The number of anilines is 2. The van der Waals surface area contributed by atoms with Crippen LogP contribution in [-0.2, 0) is 16.0 Å². The van der Waals surface area contributed by atoms with Crippen molar-refractivity contribution in [2.75, 3.05) is 23.9 Å². The summed E-state index contributed by atoms with van der Waals surface area (Å²) in [6.07, 6.45) is 1.21. The molecule has 0 aliphatic carbocycles. The standard InChI is InChI=1S/C20H21ClN2O3/c1-13-11-14-5-3-4-6-18(14)23(13)19(24)9-10-22-17-12-15(20(25)26-2)7-8-16(17)21/h3-8,12-13,22H,9-11H2,1-2H3. The van der Waals surface area contributed by atoms with Gasteiger partial charge in [-0.3, -0.25) is 4.79 Å². The second-order valence-corrected chi connectivity index (χ2v) is 6.72. The maximum Gasteiger partial charge on any atom is 0.337 e. The summed E-state index contributed by atoms with van der Waals surface area (Å²) in [6, 6.07) is 13.0. The number of nitrogens with zero attached hydrogens (tertiary/aromatic N) is 1. The summed E-state index contributed by atoms with van der Waals surface area (Å²) in [5.41, 5.74) is 3.22. The Bertz CT molecular complexity index is 838. The van der Waals surface area contributed by atoms with Crippen molar-refractivity contribution in [1.29, 1.82) is 0 Å². The molecule has 0 saturated carbocycles. The molecule has 26 heavy (non-hydrogen) atoms. The van der Waals surface area contributed by atoms with Crippen LogP contribution >= 0.6 is 11.6 Å². The molecule has 136 valence electrons. The number of hydrogen-bond acceptors (Lipinski definition) is 4. The number of rotatable bonds is 5. The normalized spacial score (nSPS) is 15.5. The van der Waals surface area contributed by atoms with Crippen molar-refractivity contribution in [3.8, 4) is 0 Å². The second-order valence-electron chi connectivity index (χ2n) is 6.31. The molecular weight excluding hydrogens is 352 g/mol. The third kappa shape index (κ3) is 3.68. The fourth-order valence-electron chi connectivity index (χ4n) is 3.28. The Kier molecular flexibility index (Phi) is 5.47. The van der Waals surface area contributed by atoms with Gasteiger partial charge in [0.25, 0.3) is 0 Å². The third-order valence-corrected chi connectivity index (χ3v) is 4.85. The van der Waals surface area contributed by atoms with Crippen LogP contribution in [-0.4, -0.2) is 31.6 Å². The summed E-state index contributed by atoms with van der Waals surface area (Å²) < 4.78 is 4.72. The zero-order valence-electron chi connectivity index (χ0n) is 14.8. The Balaban J connectivity index is 1.64. The Hall–Kier alpha value is -2.53. The van der Waals surface area contributed by atoms with Crippen molar-refractivity contribution in [3.05, 3.63) is 58.6 Å². The van der Waals surface area contributed by atoms with E-state index in [9.17, 15) is 9.59 Å². The summed E-state index contributed by atoms with van der Waals surface area (Å²) in [5, 5.41) is 3.63. The Labute approximate surface area is 157 Å². The molecule has 0 radical (unpaired) electrons. The molecule has 1 aliphatic rings. The van der Waals surface area contributed by atoms with Gasteiger partial charge < -0.3 is 15.0 Å². The van der Waals surface area contributed by atoms with Crippen LogP contribution in [0, 0.1) is 0 Å². The number of halogens is 1. The number of carbonyl (C=O) groups excluding carboxylic acids is 2. The average molecular weight is 373 g/mol. The molecule has 6 heteroatoms. The summed E-state index contributed by atoms with van der Waals surface area (Å²) in [6.45, 7) is 2.48. The number of benzene rings is 2. The molecule has 1 atom stereocenters. The average Bonchev–Trinajstić information content (AvgIpc) is 2.98. The van der Waals surface area contributed by atoms with Crippen LogP contribution in [0.15, 0.2) is 42.5 Å². The van der Waals surface area contributed by atoms with Gasteiger partial charge >= 0.3 is 5.97 Å². The van der Waals surface area contributed by atoms with Crippen molar-refractivity contribution in [3.63, 3.8) is 0 Å². The van der Waals surface area contributed by atoms with Crippen LogP contribution in [0.25, 0.3) is 0 Å².